The minimum atomic E-state index is 0.484. The molecule has 0 bridgehead atoms. The summed E-state index contributed by atoms with van der Waals surface area (Å²) in [5.74, 6) is 0.826. The van der Waals surface area contributed by atoms with Crippen molar-refractivity contribution in [3.63, 3.8) is 0 Å². The Morgan fingerprint density at radius 3 is 2.46 bits per heavy atom. The summed E-state index contributed by atoms with van der Waals surface area (Å²) >= 11 is 5.22. The molecule has 0 aliphatic heterocycles. The third-order valence-corrected chi connectivity index (χ3v) is 4.28. The zero-order valence-corrected chi connectivity index (χ0v) is 16.6. The van der Waals surface area contributed by atoms with Crippen LogP contribution in [0.25, 0.3) is 0 Å². The van der Waals surface area contributed by atoms with Gasteiger partial charge in [0.2, 0.25) is 0 Å². The number of hydrazone groups is 1. The zero-order chi connectivity index (χ0) is 19.6. The molecule has 0 aliphatic carbocycles. The van der Waals surface area contributed by atoms with Gasteiger partial charge in [0.05, 0.1) is 6.21 Å². The van der Waals surface area contributed by atoms with E-state index < -0.39 is 0 Å². The maximum Gasteiger partial charge on any atom is 0.187 e. The summed E-state index contributed by atoms with van der Waals surface area (Å²) in [4.78, 5) is 0. The quantitative estimate of drug-likeness (QED) is 0.353. The molecule has 2 N–H and O–H groups in total. The minimum Gasteiger partial charge on any atom is -0.489 e. The van der Waals surface area contributed by atoms with Crippen molar-refractivity contribution >= 4 is 23.5 Å². The average molecular weight is 390 g/mol. The van der Waals surface area contributed by atoms with Crippen molar-refractivity contribution in [2.75, 3.05) is 0 Å². The Morgan fingerprint density at radius 2 is 1.71 bits per heavy atom. The first-order valence-corrected chi connectivity index (χ1v) is 9.49. The number of thiocarbonyl (C=S) groups is 1. The predicted octanol–water partition coefficient (Wildman–Crippen LogP) is 4.57. The van der Waals surface area contributed by atoms with Gasteiger partial charge < -0.3 is 10.1 Å². The monoisotopic (exact) mass is 389 g/mol. The molecule has 0 unspecified atom stereocenters. The lowest BCUT2D eigenvalue weighted by Crippen LogP contribution is -2.31. The van der Waals surface area contributed by atoms with E-state index in [2.05, 4.69) is 41.0 Å². The van der Waals surface area contributed by atoms with Crippen LogP contribution in [0.5, 0.6) is 5.75 Å². The van der Waals surface area contributed by atoms with Crippen molar-refractivity contribution in [3.8, 4) is 5.75 Å². The van der Waals surface area contributed by atoms with Crippen LogP contribution in [-0.2, 0) is 13.2 Å². The second-order valence-corrected chi connectivity index (χ2v) is 6.79. The van der Waals surface area contributed by atoms with Gasteiger partial charge in [-0.05, 0) is 60.1 Å². The van der Waals surface area contributed by atoms with E-state index in [1.807, 2.05) is 60.7 Å². The first-order chi connectivity index (χ1) is 13.7. The van der Waals surface area contributed by atoms with Crippen molar-refractivity contribution in [2.45, 2.75) is 20.1 Å². The fourth-order valence-corrected chi connectivity index (χ4v) is 2.73. The van der Waals surface area contributed by atoms with Gasteiger partial charge in [-0.15, -0.1) is 0 Å². The summed E-state index contributed by atoms with van der Waals surface area (Å²) in [6.45, 7) is 3.29. The molecule has 5 heteroatoms. The molecule has 142 valence electrons. The van der Waals surface area contributed by atoms with Crippen LogP contribution in [0.1, 0.15) is 22.3 Å². The molecule has 28 heavy (non-hydrogen) atoms. The topological polar surface area (TPSA) is 45.6 Å². The highest BCUT2D eigenvalue weighted by atomic mass is 32.1. The second-order valence-electron chi connectivity index (χ2n) is 6.39. The number of ether oxygens (including phenoxy) is 1. The highest BCUT2D eigenvalue weighted by Gasteiger charge is 1.98. The SMILES string of the molecule is Cc1cccc(COc2ccc(/C=N/NC(=S)NCc3ccccc3)cc2)c1. The largest absolute Gasteiger partial charge is 0.489 e. The Labute approximate surface area is 171 Å². The number of hydrogen-bond donors (Lipinski definition) is 2. The van der Waals surface area contributed by atoms with E-state index in [0.29, 0.717) is 18.3 Å². The molecule has 0 saturated heterocycles. The van der Waals surface area contributed by atoms with Crippen LogP contribution in [0.3, 0.4) is 0 Å². The molecule has 0 heterocycles. The standard InChI is InChI=1S/C23H23N3OS/c1-18-6-5-9-21(14-18)17-27-22-12-10-20(11-13-22)16-25-26-23(28)24-15-19-7-3-2-4-8-19/h2-14,16H,15,17H2,1H3,(H2,24,26,28)/b25-16+. The molecule has 3 aromatic rings. The first-order valence-electron chi connectivity index (χ1n) is 9.08. The number of nitrogens with zero attached hydrogens (tertiary/aromatic N) is 1. The van der Waals surface area contributed by atoms with Crippen molar-refractivity contribution in [2.24, 2.45) is 5.10 Å². The molecule has 0 saturated carbocycles. The van der Waals surface area contributed by atoms with Crippen molar-refractivity contribution in [1.82, 2.24) is 10.7 Å². The maximum atomic E-state index is 5.83. The molecular weight excluding hydrogens is 366 g/mol. The van der Waals surface area contributed by atoms with E-state index >= 15 is 0 Å². The number of rotatable bonds is 7. The Balaban J connectivity index is 1.42. The molecule has 3 rings (SSSR count). The molecule has 0 amide bonds. The van der Waals surface area contributed by atoms with Crippen LogP contribution >= 0.6 is 12.2 Å². The summed E-state index contributed by atoms with van der Waals surface area (Å²) in [5.41, 5.74) is 7.34. The van der Waals surface area contributed by atoms with Crippen LogP contribution in [0.15, 0.2) is 84.0 Å². The number of nitrogens with one attached hydrogen (secondary N) is 2. The van der Waals surface area contributed by atoms with Gasteiger partial charge >= 0.3 is 0 Å². The second kappa shape index (κ2) is 10.2. The number of hydrogen-bond acceptors (Lipinski definition) is 3. The van der Waals surface area contributed by atoms with E-state index in [1.54, 1.807) is 6.21 Å². The minimum absolute atomic E-state index is 0.484. The molecule has 0 spiro atoms. The molecular formula is C23H23N3OS. The molecule has 0 fully saturated rings. The molecule has 3 aromatic carbocycles. The maximum absolute atomic E-state index is 5.83. The molecule has 0 aromatic heterocycles. The van der Waals surface area contributed by atoms with Crippen molar-refractivity contribution < 1.29 is 4.74 Å². The summed E-state index contributed by atoms with van der Waals surface area (Å²) < 4.78 is 5.83. The lowest BCUT2D eigenvalue weighted by atomic mass is 10.1. The van der Waals surface area contributed by atoms with Gasteiger partial charge in [-0.2, -0.15) is 5.10 Å². The number of benzene rings is 3. The highest BCUT2D eigenvalue weighted by Crippen LogP contribution is 2.14. The van der Waals surface area contributed by atoms with E-state index in [0.717, 1.165) is 22.4 Å². The fourth-order valence-electron chi connectivity index (χ4n) is 2.60. The van der Waals surface area contributed by atoms with Crippen LogP contribution in [0.2, 0.25) is 0 Å². The van der Waals surface area contributed by atoms with E-state index in [1.165, 1.54) is 5.56 Å². The van der Waals surface area contributed by atoms with Crippen LogP contribution in [0.4, 0.5) is 0 Å². The third-order valence-electron chi connectivity index (χ3n) is 4.04. The fraction of sp³-hybridized carbons (Fsp3) is 0.130. The summed E-state index contributed by atoms with van der Waals surface area (Å²) in [6.07, 6.45) is 1.72. The summed E-state index contributed by atoms with van der Waals surface area (Å²) in [5, 5.41) is 7.77. The molecule has 0 aliphatic rings. The normalized spacial score (nSPS) is 10.6. The smallest absolute Gasteiger partial charge is 0.187 e. The Morgan fingerprint density at radius 1 is 0.964 bits per heavy atom. The summed E-state index contributed by atoms with van der Waals surface area (Å²) in [7, 11) is 0. The van der Waals surface area contributed by atoms with Gasteiger partial charge in [0.1, 0.15) is 12.4 Å². The Bertz CT molecular complexity index is 924. The van der Waals surface area contributed by atoms with E-state index in [-0.39, 0.29) is 0 Å². The van der Waals surface area contributed by atoms with Crippen LogP contribution in [-0.4, -0.2) is 11.3 Å². The van der Waals surface area contributed by atoms with Crippen LogP contribution in [0, 0.1) is 6.92 Å². The van der Waals surface area contributed by atoms with Gasteiger partial charge in [0.25, 0.3) is 0 Å². The van der Waals surface area contributed by atoms with Crippen molar-refractivity contribution in [1.29, 1.82) is 0 Å². The molecule has 4 nitrogen and oxygen atoms in total. The first kappa shape index (κ1) is 19.6. The van der Waals surface area contributed by atoms with Gasteiger partial charge in [-0.1, -0.05) is 60.2 Å². The highest BCUT2D eigenvalue weighted by molar-refractivity contribution is 7.80. The van der Waals surface area contributed by atoms with Crippen molar-refractivity contribution in [3.05, 3.63) is 101 Å². The van der Waals surface area contributed by atoms with Gasteiger partial charge in [0, 0.05) is 6.54 Å². The van der Waals surface area contributed by atoms with Gasteiger partial charge in [0.15, 0.2) is 5.11 Å². The summed E-state index contributed by atoms with van der Waals surface area (Å²) in [6, 6.07) is 26.2. The van der Waals surface area contributed by atoms with Gasteiger partial charge in [-0.3, -0.25) is 5.43 Å². The molecule has 0 radical (unpaired) electrons. The Hall–Kier alpha value is -3.18. The third kappa shape index (κ3) is 6.52. The van der Waals surface area contributed by atoms with E-state index in [9.17, 15) is 0 Å². The molecule has 0 atom stereocenters. The lowest BCUT2D eigenvalue weighted by molar-refractivity contribution is 0.306. The van der Waals surface area contributed by atoms with E-state index in [4.69, 9.17) is 17.0 Å². The average Bonchev–Trinajstić information content (AvgIpc) is 2.72. The lowest BCUT2D eigenvalue weighted by Gasteiger charge is -2.07. The predicted molar refractivity (Wildman–Crippen MR) is 119 cm³/mol. The number of aryl methyl sites for hydroxylation is 1. The van der Waals surface area contributed by atoms with Gasteiger partial charge in [-0.25, -0.2) is 0 Å². The zero-order valence-electron chi connectivity index (χ0n) is 15.8. The Kier molecular flexibility index (Phi) is 7.15. The van der Waals surface area contributed by atoms with Crippen LogP contribution < -0.4 is 15.5 Å².